The van der Waals surface area contributed by atoms with Gasteiger partial charge in [0.25, 0.3) is 5.69 Å². The molecule has 0 heterocycles. The van der Waals surface area contributed by atoms with Gasteiger partial charge in [-0.05, 0) is 30.3 Å². The Bertz CT molecular complexity index is 717. The largest absolute Gasteiger partial charge is 0.478 e. The number of hydrogen-bond donors (Lipinski definition) is 2. The molecule has 0 aliphatic carbocycles. The topological polar surface area (TPSA) is 92.5 Å². The van der Waals surface area contributed by atoms with E-state index in [2.05, 4.69) is 5.32 Å². The number of aromatic carboxylic acids is 1. The maximum absolute atomic E-state index is 11.0. The summed E-state index contributed by atoms with van der Waals surface area (Å²) in [6, 6.07) is 8.25. The molecule has 2 aromatic rings. The van der Waals surface area contributed by atoms with E-state index < -0.39 is 10.9 Å². The van der Waals surface area contributed by atoms with Gasteiger partial charge in [0.1, 0.15) is 5.69 Å². The van der Waals surface area contributed by atoms with E-state index in [1.807, 2.05) is 0 Å². The zero-order valence-electron chi connectivity index (χ0n) is 10.3. The minimum Gasteiger partial charge on any atom is -0.478 e. The predicted molar refractivity (Wildman–Crippen MR) is 79.8 cm³/mol. The molecule has 2 N–H and O–H groups in total. The summed E-state index contributed by atoms with van der Waals surface area (Å²) in [4.78, 5) is 21.2. The third kappa shape index (κ3) is 3.42. The highest BCUT2D eigenvalue weighted by Crippen LogP contribution is 2.35. The second-order valence-electron chi connectivity index (χ2n) is 4.05. The van der Waals surface area contributed by atoms with Crippen LogP contribution in [0.15, 0.2) is 36.4 Å². The molecule has 6 nitrogen and oxygen atoms in total. The molecule has 0 aromatic heterocycles. The van der Waals surface area contributed by atoms with Crippen LogP contribution < -0.4 is 5.32 Å². The number of rotatable bonds is 4. The molecular weight excluding hydrogens is 319 g/mol. The number of nitro benzene ring substituents is 1. The number of nitrogens with zero attached hydrogens (tertiary/aromatic N) is 1. The highest BCUT2D eigenvalue weighted by Gasteiger charge is 2.17. The van der Waals surface area contributed by atoms with Crippen molar-refractivity contribution in [2.24, 2.45) is 0 Å². The zero-order chi connectivity index (χ0) is 15.6. The van der Waals surface area contributed by atoms with Crippen LogP contribution in [-0.2, 0) is 0 Å². The summed E-state index contributed by atoms with van der Waals surface area (Å²) < 4.78 is 0. The van der Waals surface area contributed by atoms with Crippen LogP contribution in [-0.4, -0.2) is 16.0 Å². The van der Waals surface area contributed by atoms with Gasteiger partial charge in [0.05, 0.1) is 20.5 Å². The normalized spacial score (nSPS) is 10.2. The summed E-state index contributed by atoms with van der Waals surface area (Å²) in [7, 11) is 0. The van der Waals surface area contributed by atoms with E-state index >= 15 is 0 Å². The molecule has 0 saturated carbocycles. The van der Waals surface area contributed by atoms with Crippen LogP contribution in [0.5, 0.6) is 0 Å². The summed E-state index contributed by atoms with van der Waals surface area (Å²) in [6.45, 7) is 0. The number of carbonyl (C=O) groups is 1. The Morgan fingerprint density at radius 2 is 1.71 bits per heavy atom. The van der Waals surface area contributed by atoms with Gasteiger partial charge in [-0.2, -0.15) is 0 Å². The molecule has 0 aliphatic rings. The predicted octanol–water partition coefficient (Wildman–Crippen LogP) is 4.34. The van der Waals surface area contributed by atoms with Crippen molar-refractivity contribution in [3.8, 4) is 0 Å². The van der Waals surface area contributed by atoms with Gasteiger partial charge < -0.3 is 10.4 Å². The van der Waals surface area contributed by atoms with Crippen LogP contribution in [0.25, 0.3) is 0 Å². The van der Waals surface area contributed by atoms with E-state index in [0.29, 0.717) is 5.69 Å². The molecule has 0 bridgehead atoms. The number of halogens is 2. The molecule has 8 heteroatoms. The third-order valence-electron chi connectivity index (χ3n) is 2.65. The fourth-order valence-corrected chi connectivity index (χ4v) is 1.96. The first-order valence-corrected chi connectivity index (χ1v) is 6.38. The summed E-state index contributed by atoms with van der Waals surface area (Å²) in [5.41, 5.74) is 0.537. The second-order valence-corrected chi connectivity index (χ2v) is 4.86. The zero-order valence-corrected chi connectivity index (χ0v) is 11.9. The van der Waals surface area contributed by atoms with Gasteiger partial charge in [0.15, 0.2) is 0 Å². The van der Waals surface area contributed by atoms with E-state index in [-0.39, 0.29) is 27.0 Å². The average Bonchev–Trinajstić information content (AvgIpc) is 2.43. The minimum atomic E-state index is -1.05. The second kappa shape index (κ2) is 5.99. The number of carboxylic acid groups (broad SMARTS) is 1. The summed E-state index contributed by atoms with van der Waals surface area (Å²) >= 11 is 11.6. The van der Waals surface area contributed by atoms with Gasteiger partial charge in [0.2, 0.25) is 0 Å². The van der Waals surface area contributed by atoms with E-state index in [4.69, 9.17) is 28.3 Å². The van der Waals surface area contributed by atoms with E-state index in [9.17, 15) is 14.9 Å². The SMILES string of the molecule is O=C(O)c1ccc(Nc2cc(Cl)c(Cl)cc2[N+](=O)[O-])cc1. The number of nitro groups is 1. The number of benzene rings is 2. The standard InChI is InChI=1S/C13H8Cl2N2O4/c14-9-5-11(12(17(20)21)6-10(9)15)16-8-3-1-7(2-4-8)13(18)19/h1-6,16H,(H,18,19). The van der Waals surface area contributed by atoms with Crippen molar-refractivity contribution < 1.29 is 14.8 Å². The van der Waals surface area contributed by atoms with Crippen molar-refractivity contribution in [3.63, 3.8) is 0 Å². The van der Waals surface area contributed by atoms with Crippen LogP contribution in [0.1, 0.15) is 10.4 Å². The third-order valence-corrected chi connectivity index (χ3v) is 3.37. The minimum absolute atomic E-state index is 0.0788. The first-order chi connectivity index (χ1) is 9.88. The molecule has 0 amide bonds. The Balaban J connectivity index is 2.36. The average molecular weight is 327 g/mol. The highest BCUT2D eigenvalue weighted by atomic mass is 35.5. The number of carboxylic acids is 1. The molecule has 0 radical (unpaired) electrons. The summed E-state index contributed by atoms with van der Waals surface area (Å²) in [5, 5.41) is 22.9. The van der Waals surface area contributed by atoms with Gasteiger partial charge in [-0.25, -0.2) is 4.79 Å². The molecule has 108 valence electrons. The van der Waals surface area contributed by atoms with Gasteiger partial charge in [-0.15, -0.1) is 0 Å². The Morgan fingerprint density at radius 3 is 2.24 bits per heavy atom. The lowest BCUT2D eigenvalue weighted by Gasteiger charge is -2.08. The van der Waals surface area contributed by atoms with Crippen molar-refractivity contribution >= 4 is 46.2 Å². The lowest BCUT2D eigenvalue weighted by Crippen LogP contribution is -1.99. The Hall–Kier alpha value is -2.31. The van der Waals surface area contributed by atoms with Gasteiger partial charge in [-0.1, -0.05) is 23.2 Å². The Kier molecular flexibility index (Phi) is 4.30. The maximum Gasteiger partial charge on any atom is 0.335 e. The smallest absolute Gasteiger partial charge is 0.335 e. The van der Waals surface area contributed by atoms with E-state index in [1.54, 1.807) is 0 Å². The highest BCUT2D eigenvalue weighted by molar-refractivity contribution is 6.42. The van der Waals surface area contributed by atoms with Crippen LogP contribution in [0.4, 0.5) is 17.1 Å². The molecule has 0 spiro atoms. The molecule has 0 aliphatic heterocycles. The van der Waals surface area contributed by atoms with Crippen molar-refractivity contribution in [2.45, 2.75) is 0 Å². The van der Waals surface area contributed by atoms with Crippen LogP contribution in [0.3, 0.4) is 0 Å². The maximum atomic E-state index is 11.0. The summed E-state index contributed by atoms with van der Waals surface area (Å²) in [5.74, 6) is -1.05. The molecule has 0 fully saturated rings. The number of hydrogen-bond acceptors (Lipinski definition) is 4. The fourth-order valence-electron chi connectivity index (χ4n) is 1.64. The van der Waals surface area contributed by atoms with Gasteiger partial charge in [-0.3, -0.25) is 10.1 Å². The Labute approximate surface area is 129 Å². The number of nitrogens with one attached hydrogen (secondary N) is 1. The lowest BCUT2D eigenvalue weighted by molar-refractivity contribution is -0.383. The monoisotopic (exact) mass is 326 g/mol. The molecule has 0 saturated heterocycles. The number of anilines is 2. The van der Waals surface area contributed by atoms with Gasteiger partial charge >= 0.3 is 5.97 Å². The molecule has 2 rings (SSSR count). The van der Waals surface area contributed by atoms with E-state index in [0.717, 1.165) is 6.07 Å². The molecule has 0 unspecified atom stereocenters. The van der Waals surface area contributed by atoms with Gasteiger partial charge in [0, 0.05) is 11.8 Å². The first-order valence-electron chi connectivity index (χ1n) is 5.62. The van der Waals surface area contributed by atoms with Crippen LogP contribution >= 0.6 is 23.2 Å². The van der Waals surface area contributed by atoms with Crippen LogP contribution in [0.2, 0.25) is 10.0 Å². The molecule has 2 aromatic carbocycles. The van der Waals surface area contributed by atoms with E-state index in [1.165, 1.54) is 30.3 Å². The quantitative estimate of drug-likeness (QED) is 0.643. The summed E-state index contributed by atoms with van der Waals surface area (Å²) in [6.07, 6.45) is 0. The van der Waals surface area contributed by atoms with Crippen molar-refractivity contribution in [2.75, 3.05) is 5.32 Å². The molecule has 21 heavy (non-hydrogen) atoms. The van der Waals surface area contributed by atoms with Crippen molar-refractivity contribution in [3.05, 3.63) is 62.1 Å². The van der Waals surface area contributed by atoms with Crippen LogP contribution in [0, 0.1) is 10.1 Å². The lowest BCUT2D eigenvalue weighted by atomic mass is 10.2. The van der Waals surface area contributed by atoms with Crippen molar-refractivity contribution in [1.29, 1.82) is 0 Å². The molecular formula is C13H8Cl2N2O4. The molecule has 0 atom stereocenters. The van der Waals surface area contributed by atoms with Crippen molar-refractivity contribution in [1.82, 2.24) is 0 Å². The Morgan fingerprint density at radius 1 is 1.14 bits per heavy atom. The fraction of sp³-hybridized carbons (Fsp3) is 0. The first kappa shape index (κ1) is 15.1.